The molecule has 2 saturated heterocycles. The van der Waals surface area contributed by atoms with Gasteiger partial charge in [0, 0.05) is 31.7 Å². The number of Topliss-reactive ketones (excluding diaryl/α,β-unsaturated/α-hetero) is 1. The summed E-state index contributed by atoms with van der Waals surface area (Å²) in [7, 11) is 0. The first kappa shape index (κ1) is 23.3. The summed E-state index contributed by atoms with van der Waals surface area (Å²) < 4.78 is 30.2. The topological polar surface area (TPSA) is 88.5 Å². The fourth-order valence-corrected chi connectivity index (χ4v) is 4.74. The molecule has 3 aliphatic heterocycles. The summed E-state index contributed by atoms with van der Waals surface area (Å²) in [6, 6.07) is 9.70. The summed E-state index contributed by atoms with van der Waals surface area (Å²) in [4.78, 5) is 30.0. The van der Waals surface area contributed by atoms with Crippen molar-refractivity contribution in [2.75, 3.05) is 52.6 Å². The molecular weight excluding hydrogens is 455 g/mol. The quantitative estimate of drug-likeness (QED) is 0.385. The first-order chi connectivity index (χ1) is 17.0. The predicted octanol–water partition coefficient (Wildman–Crippen LogP) is 2.74. The van der Waals surface area contributed by atoms with Crippen LogP contribution in [0.3, 0.4) is 0 Å². The maximum Gasteiger partial charge on any atom is 0.295 e. The molecule has 1 atom stereocenters. The Labute approximate surface area is 202 Å². The molecule has 5 rings (SSSR count). The minimum Gasteiger partial charge on any atom is -0.507 e. The third kappa shape index (κ3) is 4.74. The molecule has 8 nitrogen and oxygen atoms in total. The third-order valence-electron chi connectivity index (χ3n) is 6.52. The van der Waals surface area contributed by atoms with Crippen LogP contribution < -0.4 is 9.47 Å². The molecule has 0 radical (unpaired) electrons. The Kier molecular flexibility index (Phi) is 6.70. The largest absolute Gasteiger partial charge is 0.507 e. The first-order valence-electron chi connectivity index (χ1n) is 11.8. The molecule has 2 aromatic rings. The Morgan fingerprint density at radius 2 is 1.66 bits per heavy atom. The highest BCUT2D eigenvalue weighted by atomic mass is 19.1. The average Bonchev–Trinajstić information content (AvgIpc) is 3.14. The van der Waals surface area contributed by atoms with Gasteiger partial charge in [-0.05, 0) is 42.3 Å². The number of aliphatic hydroxyl groups is 1. The minimum absolute atomic E-state index is 0.0235. The van der Waals surface area contributed by atoms with Gasteiger partial charge in [-0.2, -0.15) is 0 Å². The predicted molar refractivity (Wildman–Crippen MR) is 125 cm³/mol. The van der Waals surface area contributed by atoms with E-state index in [-0.39, 0.29) is 11.3 Å². The molecule has 1 N–H and O–H groups in total. The van der Waals surface area contributed by atoms with Crippen molar-refractivity contribution < 1.29 is 33.3 Å². The fourth-order valence-electron chi connectivity index (χ4n) is 4.74. The highest BCUT2D eigenvalue weighted by Crippen LogP contribution is 2.41. The van der Waals surface area contributed by atoms with E-state index in [4.69, 9.17) is 14.2 Å². The maximum atomic E-state index is 13.7. The molecule has 3 heterocycles. The summed E-state index contributed by atoms with van der Waals surface area (Å²) in [5, 5.41) is 11.2. The van der Waals surface area contributed by atoms with Gasteiger partial charge in [0.2, 0.25) is 0 Å². The molecule has 0 aromatic heterocycles. The van der Waals surface area contributed by atoms with Crippen LogP contribution in [-0.4, -0.2) is 79.2 Å². The zero-order valence-corrected chi connectivity index (χ0v) is 19.2. The van der Waals surface area contributed by atoms with Crippen molar-refractivity contribution in [2.24, 2.45) is 0 Å². The second-order valence-corrected chi connectivity index (χ2v) is 8.71. The van der Waals surface area contributed by atoms with Crippen molar-refractivity contribution in [3.8, 4) is 11.5 Å². The van der Waals surface area contributed by atoms with Gasteiger partial charge in [0.15, 0.2) is 11.5 Å². The molecule has 0 spiro atoms. The molecule has 9 heteroatoms. The van der Waals surface area contributed by atoms with Crippen LogP contribution in [0.4, 0.5) is 4.39 Å². The Morgan fingerprint density at radius 1 is 0.943 bits per heavy atom. The number of carbonyl (C=O) groups excluding carboxylic acids is 2. The molecule has 0 bridgehead atoms. The van der Waals surface area contributed by atoms with E-state index < -0.39 is 23.5 Å². The van der Waals surface area contributed by atoms with E-state index in [9.17, 15) is 19.1 Å². The highest BCUT2D eigenvalue weighted by Gasteiger charge is 2.46. The molecule has 184 valence electrons. The lowest BCUT2D eigenvalue weighted by molar-refractivity contribution is -0.140. The minimum atomic E-state index is -0.825. The Bertz CT molecular complexity index is 1140. The number of rotatable bonds is 6. The van der Waals surface area contributed by atoms with Crippen molar-refractivity contribution in [3.63, 3.8) is 0 Å². The van der Waals surface area contributed by atoms with Crippen LogP contribution >= 0.6 is 0 Å². The number of halogens is 1. The third-order valence-corrected chi connectivity index (χ3v) is 6.52. The molecule has 35 heavy (non-hydrogen) atoms. The number of ketones is 1. The number of fused-ring (bicyclic) bond motifs is 1. The highest BCUT2D eigenvalue weighted by molar-refractivity contribution is 6.46. The molecule has 1 amide bonds. The molecule has 2 fully saturated rings. The molecule has 1 unspecified atom stereocenters. The van der Waals surface area contributed by atoms with Gasteiger partial charge >= 0.3 is 0 Å². The van der Waals surface area contributed by atoms with Crippen LogP contribution in [0, 0.1) is 5.82 Å². The summed E-state index contributed by atoms with van der Waals surface area (Å²) in [6.07, 6.45) is 0.648. The van der Waals surface area contributed by atoms with E-state index in [0.717, 1.165) is 19.6 Å². The van der Waals surface area contributed by atoms with Gasteiger partial charge in [0.05, 0.1) is 24.8 Å². The van der Waals surface area contributed by atoms with E-state index in [1.807, 2.05) is 0 Å². The monoisotopic (exact) mass is 482 g/mol. The zero-order chi connectivity index (χ0) is 24.4. The van der Waals surface area contributed by atoms with Crippen LogP contribution in [0.1, 0.15) is 23.6 Å². The number of aliphatic hydroxyl groups excluding tert-OH is 1. The second-order valence-electron chi connectivity index (χ2n) is 8.71. The lowest BCUT2D eigenvalue weighted by atomic mass is 9.95. The standard InChI is InChI=1S/C26H27FN2O6/c27-19-5-2-17(3-6-19)23-22(24(30)18-4-7-20-21(16-18)35-15-14-34-20)25(31)26(32)29(23)9-1-8-28-10-12-33-13-11-28/h2-7,16,23,30H,1,8-15H2/b24-22-. The van der Waals surface area contributed by atoms with E-state index in [1.54, 1.807) is 18.2 Å². The van der Waals surface area contributed by atoms with Gasteiger partial charge in [-0.25, -0.2) is 4.39 Å². The number of carbonyl (C=O) groups is 2. The molecular formula is C26H27FN2O6. The lowest BCUT2D eigenvalue weighted by Crippen LogP contribution is -2.38. The van der Waals surface area contributed by atoms with Crippen molar-refractivity contribution in [1.29, 1.82) is 0 Å². The number of amides is 1. The fraction of sp³-hybridized carbons (Fsp3) is 0.385. The molecule has 0 saturated carbocycles. The summed E-state index contributed by atoms with van der Waals surface area (Å²) in [5.74, 6) is -1.17. The molecule has 2 aromatic carbocycles. The Hall–Kier alpha value is -3.43. The first-order valence-corrected chi connectivity index (χ1v) is 11.8. The van der Waals surface area contributed by atoms with Crippen molar-refractivity contribution in [1.82, 2.24) is 9.80 Å². The number of ether oxygens (including phenoxy) is 3. The van der Waals surface area contributed by atoms with Crippen LogP contribution in [0.5, 0.6) is 11.5 Å². The summed E-state index contributed by atoms with van der Waals surface area (Å²) in [5.41, 5.74) is 0.869. The smallest absolute Gasteiger partial charge is 0.295 e. The maximum absolute atomic E-state index is 13.7. The van der Waals surface area contributed by atoms with Gasteiger partial charge in [-0.15, -0.1) is 0 Å². The van der Waals surface area contributed by atoms with Gasteiger partial charge in [0.25, 0.3) is 11.7 Å². The van der Waals surface area contributed by atoms with Gasteiger partial charge < -0.3 is 24.2 Å². The number of nitrogens with zero attached hydrogens (tertiary/aromatic N) is 2. The number of likely N-dealkylation sites (tertiary alicyclic amines) is 1. The summed E-state index contributed by atoms with van der Waals surface area (Å²) >= 11 is 0. The van der Waals surface area contributed by atoms with E-state index in [0.29, 0.717) is 62.0 Å². The number of hydrogen-bond acceptors (Lipinski definition) is 7. The van der Waals surface area contributed by atoms with E-state index >= 15 is 0 Å². The number of hydrogen-bond donors (Lipinski definition) is 1. The van der Waals surface area contributed by atoms with Gasteiger partial charge in [-0.1, -0.05) is 12.1 Å². The number of morpholine rings is 1. The second kappa shape index (κ2) is 10.1. The SMILES string of the molecule is O=C1C(=O)N(CCCN2CCOCC2)C(c2ccc(F)cc2)/C1=C(/O)c1ccc2c(c1)OCCO2. The van der Waals surface area contributed by atoms with Crippen molar-refractivity contribution >= 4 is 17.4 Å². The van der Waals surface area contributed by atoms with Crippen molar-refractivity contribution in [3.05, 3.63) is 65.0 Å². The Balaban J connectivity index is 1.48. The van der Waals surface area contributed by atoms with Crippen molar-refractivity contribution in [2.45, 2.75) is 12.5 Å². The van der Waals surface area contributed by atoms with Crippen LogP contribution in [0.2, 0.25) is 0 Å². The summed E-state index contributed by atoms with van der Waals surface area (Å²) in [6.45, 7) is 4.88. The van der Waals surface area contributed by atoms with Crippen LogP contribution in [0.25, 0.3) is 5.76 Å². The lowest BCUT2D eigenvalue weighted by Gasteiger charge is -2.29. The zero-order valence-electron chi connectivity index (χ0n) is 19.2. The van der Waals surface area contributed by atoms with Gasteiger partial charge in [0.1, 0.15) is 24.8 Å². The van der Waals surface area contributed by atoms with Crippen LogP contribution in [0.15, 0.2) is 48.0 Å². The molecule has 0 aliphatic carbocycles. The average molecular weight is 483 g/mol. The van der Waals surface area contributed by atoms with E-state index in [2.05, 4.69) is 4.90 Å². The number of benzene rings is 2. The van der Waals surface area contributed by atoms with Gasteiger partial charge in [-0.3, -0.25) is 14.5 Å². The van der Waals surface area contributed by atoms with Crippen LogP contribution in [-0.2, 0) is 14.3 Å². The Morgan fingerprint density at radius 3 is 2.40 bits per heavy atom. The van der Waals surface area contributed by atoms with E-state index in [1.165, 1.54) is 29.2 Å². The normalized spacial score (nSPS) is 22.0. The molecule has 3 aliphatic rings.